The van der Waals surface area contributed by atoms with Gasteiger partial charge in [-0.3, -0.25) is 0 Å². The highest BCUT2D eigenvalue weighted by molar-refractivity contribution is 4.65. The minimum Gasteiger partial charge on any atom is -0.394 e. The molecule has 1 saturated carbocycles. The minimum atomic E-state index is -0.125. The Bertz CT molecular complexity index is 132. The molecule has 1 fully saturated rings. The highest BCUT2D eigenvalue weighted by atomic mass is 16.5. The van der Waals surface area contributed by atoms with Crippen LogP contribution in [0.25, 0.3) is 0 Å². The van der Waals surface area contributed by atoms with Crippen LogP contribution < -0.4 is 0 Å². The second kappa shape index (κ2) is 20.2. The molecule has 0 aromatic rings. The van der Waals surface area contributed by atoms with E-state index >= 15 is 0 Å². The van der Waals surface area contributed by atoms with E-state index in [0.29, 0.717) is 0 Å². The Kier molecular flexibility index (Phi) is 22.4. The maximum Gasteiger partial charge on any atom is 0.0662 e. The molecular weight excluding hydrogens is 244 g/mol. The molecule has 0 radical (unpaired) electrons. The standard InChI is InChI=1S/C9H18O.C4H10O.C2H6O2/c1-2-7-10-8-9-5-3-4-6-9;1-3-5-4-2;3-1-2-4/h9H,2-8H2,1H3;3-4H2,1-2H3;3-4H,1-2H2. The van der Waals surface area contributed by atoms with Crippen molar-refractivity contribution >= 4 is 0 Å². The summed E-state index contributed by atoms with van der Waals surface area (Å²) in [5, 5.41) is 15.2. The summed E-state index contributed by atoms with van der Waals surface area (Å²) in [5.41, 5.74) is 0. The second-order valence-electron chi connectivity index (χ2n) is 4.45. The molecule has 0 amide bonds. The molecule has 0 saturated heterocycles. The van der Waals surface area contributed by atoms with E-state index in [0.717, 1.165) is 38.8 Å². The smallest absolute Gasteiger partial charge is 0.0662 e. The van der Waals surface area contributed by atoms with E-state index in [1.54, 1.807) is 0 Å². The summed E-state index contributed by atoms with van der Waals surface area (Å²) in [5.74, 6) is 0.895. The average molecular weight is 278 g/mol. The van der Waals surface area contributed by atoms with E-state index in [9.17, 15) is 0 Å². The molecule has 4 nitrogen and oxygen atoms in total. The normalized spacial score (nSPS) is 14.4. The number of hydrogen-bond donors (Lipinski definition) is 2. The third-order valence-corrected chi connectivity index (χ3v) is 2.69. The Balaban J connectivity index is 0. The Hall–Kier alpha value is -0.160. The summed E-state index contributed by atoms with van der Waals surface area (Å²) in [6.07, 6.45) is 6.83. The molecular formula is C15H34O4. The third kappa shape index (κ3) is 20.3. The molecule has 0 aliphatic heterocycles. The fraction of sp³-hybridized carbons (Fsp3) is 1.00. The van der Waals surface area contributed by atoms with Gasteiger partial charge in [0.2, 0.25) is 0 Å². The van der Waals surface area contributed by atoms with Gasteiger partial charge in [-0.15, -0.1) is 0 Å². The molecule has 1 aliphatic rings. The molecule has 1 aliphatic carbocycles. The lowest BCUT2D eigenvalue weighted by Gasteiger charge is -2.07. The first kappa shape index (κ1) is 21.1. The lowest BCUT2D eigenvalue weighted by molar-refractivity contribution is 0.102. The Labute approximate surface area is 119 Å². The first-order valence-corrected chi connectivity index (χ1v) is 7.63. The van der Waals surface area contributed by atoms with E-state index in [1.807, 2.05) is 13.8 Å². The molecule has 0 aromatic heterocycles. The van der Waals surface area contributed by atoms with Crippen molar-refractivity contribution in [3.8, 4) is 0 Å². The van der Waals surface area contributed by atoms with Crippen molar-refractivity contribution in [1.82, 2.24) is 0 Å². The number of aliphatic hydroxyl groups is 2. The van der Waals surface area contributed by atoms with Crippen molar-refractivity contribution in [1.29, 1.82) is 0 Å². The predicted molar refractivity (Wildman–Crippen MR) is 79.4 cm³/mol. The van der Waals surface area contributed by atoms with Gasteiger partial charge in [0, 0.05) is 26.4 Å². The van der Waals surface area contributed by atoms with Crippen molar-refractivity contribution in [2.24, 2.45) is 5.92 Å². The van der Waals surface area contributed by atoms with Crippen LogP contribution in [-0.2, 0) is 9.47 Å². The highest BCUT2D eigenvalue weighted by Gasteiger charge is 2.14. The maximum atomic E-state index is 7.62. The largest absolute Gasteiger partial charge is 0.394 e. The quantitative estimate of drug-likeness (QED) is 0.703. The first-order chi connectivity index (χ1) is 9.26. The predicted octanol–water partition coefficient (Wildman–Crippen LogP) is 2.62. The molecule has 0 atom stereocenters. The molecule has 1 rings (SSSR count). The van der Waals surface area contributed by atoms with Crippen LogP contribution in [0.5, 0.6) is 0 Å². The van der Waals surface area contributed by atoms with E-state index < -0.39 is 0 Å². The van der Waals surface area contributed by atoms with Gasteiger partial charge in [0.15, 0.2) is 0 Å². The SMILES string of the molecule is CCCOCC1CCCC1.CCOCC.OCCO. The van der Waals surface area contributed by atoms with Gasteiger partial charge in [0.25, 0.3) is 0 Å². The van der Waals surface area contributed by atoms with Crippen LogP contribution in [0, 0.1) is 5.92 Å². The second-order valence-corrected chi connectivity index (χ2v) is 4.45. The van der Waals surface area contributed by atoms with Crippen molar-refractivity contribution in [2.45, 2.75) is 52.9 Å². The van der Waals surface area contributed by atoms with Gasteiger partial charge in [0.1, 0.15) is 0 Å². The average Bonchev–Trinajstić information content (AvgIpc) is 2.94. The van der Waals surface area contributed by atoms with E-state index in [-0.39, 0.29) is 13.2 Å². The molecule has 2 N–H and O–H groups in total. The molecule has 118 valence electrons. The summed E-state index contributed by atoms with van der Waals surface area (Å²) in [7, 11) is 0. The number of hydrogen-bond acceptors (Lipinski definition) is 4. The molecule has 0 unspecified atom stereocenters. The van der Waals surface area contributed by atoms with Crippen LogP contribution >= 0.6 is 0 Å². The lowest BCUT2D eigenvalue weighted by Crippen LogP contribution is -2.05. The summed E-state index contributed by atoms with van der Waals surface area (Å²) >= 11 is 0. The molecule has 19 heavy (non-hydrogen) atoms. The summed E-state index contributed by atoms with van der Waals surface area (Å²) in [6.45, 7) is 9.55. The van der Waals surface area contributed by atoms with Crippen LogP contribution in [0.3, 0.4) is 0 Å². The Morgan fingerprint density at radius 1 is 0.895 bits per heavy atom. The maximum absolute atomic E-state index is 7.62. The van der Waals surface area contributed by atoms with Gasteiger partial charge >= 0.3 is 0 Å². The first-order valence-electron chi connectivity index (χ1n) is 7.63. The molecule has 0 aromatic carbocycles. The van der Waals surface area contributed by atoms with Crippen molar-refractivity contribution in [3.63, 3.8) is 0 Å². The van der Waals surface area contributed by atoms with Crippen LogP contribution in [0.4, 0.5) is 0 Å². The minimum absolute atomic E-state index is 0.125. The third-order valence-electron chi connectivity index (χ3n) is 2.69. The number of aliphatic hydroxyl groups excluding tert-OH is 2. The zero-order valence-electron chi connectivity index (χ0n) is 13.1. The van der Waals surface area contributed by atoms with Gasteiger partial charge in [-0.25, -0.2) is 0 Å². The van der Waals surface area contributed by atoms with E-state index in [1.165, 1.54) is 25.7 Å². The van der Waals surface area contributed by atoms with Crippen LogP contribution in [-0.4, -0.2) is 49.9 Å². The van der Waals surface area contributed by atoms with Gasteiger partial charge in [0.05, 0.1) is 13.2 Å². The van der Waals surface area contributed by atoms with Gasteiger partial charge in [-0.2, -0.15) is 0 Å². The fourth-order valence-electron chi connectivity index (χ4n) is 1.78. The highest BCUT2D eigenvalue weighted by Crippen LogP contribution is 2.24. The van der Waals surface area contributed by atoms with Gasteiger partial charge < -0.3 is 19.7 Å². The Morgan fingerprint density at radius 2 is 1.42 bits per heavy atom. The Morgan fingerprint density at radius 3 is 1.74 bits per heavy atom. The summed E-state index contributed by atoms with van der Waals surface area (Å²) < 4.78 is 10.3. The van der Waals surface area contributed by atoms with Crippen LogP contribution in [0.2, 0.25) is 0 Å². The summed E-state index contributed by atoms with van der Waals surface area (Å²) in [6, 6.07) is 0. The monoisotopic (exact) mass is 278 g/mol. The zero-order chi connectivity index (χ0) is 14.8. The van der Waals surface area contributed by atoms with E-state index in [4.69, 9.17) is 19.7 Å². The molecule has 0 spiro atoms. The van der Waals surface area contributed by atoms with Crippen LogP contribution in [0.15, 0.2) is 0 Å². The number of rotatable bonds is 7. The van der Waals surface area contributed by atoms with Crippen molar-refractivity contribution in [3.05, 3.63) is 0 Å². The van der Waals surface area contributed by atoms with Crippen molar-refractivity contribution < 1.29 is 19.7 Å². The fourth-order valence-corrected chi connectivity index (χ4v) is 1.78. The zero-order valence-corrected chi connectivity index (χ0v) is 13.1. The van der Waals surface area contributed by atoms with E-state index in [2.05, 4.69) is 6.92 Å². The van der Waals surface area contributed by atoms with Crippen molar-refractivity contribution in [2.75, 3.05) is 39.6 Å². The molecule has 4 heteroatoms. The molecule has 0 bridgehead atoms. The van der Waals surface area contributed by atoms with Gasteiger partial charge in [-0.05, 0) is 39.0 Å². The number of ether oxygens (including phenoxy) is 2. The van der Waals surface area contributed by atoms with Crippen LogP contribution in [0.1, 0.15) is 52.9 Å². The summed E-state index contributed by atoms with van der Waals surface area (Å²) in [4.78, 5) is 0. The lowest BCUT2D eigenvalue weighted by atomic mass is 10.1. The van der Waals surface area contributed by atoms with Gasteiger partial charge in [-0.1, -0.05) is 19.8 Å². The topological polar surface area (TPSA) is 58.9 Å². The molecule has 0 heterocycles.